The Morgan fingerprint density at radius 2 is 2.17 bits per heavy atom. The molecule has 6 nitrogen and oxygen atoms in total. The zero-order valence-corrected chi connectivity index (χ0v) is 14.0. The van der Waals surface area contributed by atoms with E-state index in [1.807, 2.05) is 26.0 Å². The molecule has 0 saturated heterocycles. The maximum absolute atomic E-state index is 11.9. The molecule has 2 amide bonds. The molecule has 7 heteroatoms. The Balaban J connectivity index is 1.75. The van der Waals surface area contributed by atoms with Crippen molar-refractivity contribution in [1.82, 2.24) is 15.3 Å². The maximum atomic E-state index is 11.9. The third-order valence-corrected chi connectivity index (χ3v) is 3.91. The molecule has 2 aromatic heterocycles. The van der Waals surface area contributed by atoms with E-state index in [9.17, 15) is 9.59 Å². The van der Waals surface area contributed by atoms with Crippen molar-refractivity contribution in [3.05, 3.63) is 41.2 Å². The van der Waals surface area contributed by atoms with E-state index in [1.165, 1.54) is 11.3 Å². The number of nitrogens with one attached hydrogen (secondary N) is 2. The smallest absolute Gasteiger partial charge is 0.228 e. The Kier molecular flexibility index (Phi) is 6.22. The summed E-state index contributed by atoms with van der Waals surface area (Å²) in [7, 11) is 0. The summed E-state index contributed by atoms with van der Waals surface area (Å²) in [5.41, 5.74) is 1.74. The molecule has 2 aromatic rings. The monoisotopic (exact) mass is 332 g/mol. The summed E-state index contributed by atoms with van der Waals surface area (Å²) in [5.74, 6) is -0.258. The van der Waals surface area contributed by atoms with Crippen LogP contribution in [0.5, 0.6) is 0 Å². The van der Waals surface area contributed by atoms with Crippen LogP contribution in [-0.4, -0.2) is 28.3 Å². The van der Waals surface area contributed by atoms with Crippen LogP contribution >= 0.6 is 11.3 Å². The van der Waals surface area contributed by atoms with E-state index in [0.29, 0.717) is 17.4 Å². The molecule has 0 spiro atoms. The van der Waals surface area contributed by atoms with Crippen LogP contribution in [0.3, 0.4) is 0 Å². The second-order valence-electron chi connectivity index (χ2n) is 5.43. The van der Waals surface area contributed by atoms with Crippen molar-refractivity contribution < 1.29 is 9.59 Å². The molecule has 0 aromatic carbocycles. The van der Waals surface area contributed by atoms with E-state index in [2.05, 4.69) is 20.6 Å². The minimum atomic E-state index is -0.0990. The van der Waals surface area contributed by atoms with Crippen molar-refractivity contribution >= 4 is 28.3 Å². The number of hydrogen-bond acceptors (Lipinski definition) is 5. The Labute approximate surface area is 139 Å². The van der Waals surface area contributed by atoms with Crippen molar-refractivity contribution in [3.63, 3.8) is 0 Å². The number of rotatable bonds is 7. The van der Waals surface area contributed by atoms with Crippen LogP contribution in [0.1, 0.15) is 25.1 Å². The number of anilines is 1. The highest BCUT2D eigenvalue weighted by Crippen LogP contribution is 2.16. The van der Waals surface area contributed by atoms with Crippen molar-refractivity contribution in [3.8, 4) is 0 Å². The van der Waals surface area contributed by atoms with E-state index in [-0.39, 0.29) is 24.2 Å². The first-order valence-corrected chi connectivity index (χ1v) is 8.33. The lowest BCUT2D eigenvalue weighted by molar-refractivity contribution is -0.120. The quantitative estimate of drug-likeness (QED) is 0.812. The number of thiazole rings is 1. The summed E-state index contributed by atoms with van der Waals surface area (Å²) in [6, 6.07) is 3.85. The first-order chi connectivity index (χ1) is 11.0. The van der Waals surface area contributed by atoms with Gasteiger partial charge in [0.15, 0.2) is 5.13 Å². The van der Waals surface area contributed by atoms with Gasteiger partial charge in [-0.2, -0.15) is 0 Å². The SMILES string of the molecule is CC(C)C(=O)Nc1nc(CC(=O)NCCc2cccnc2)cs1. The summed E-state index contributed by atoms with van der Waals surface area (Å²) < 4.78 is 0. The third kappa shape index (κ3) is 5.78. The molecular weight excluding hydrogens is 312 g/mol. The van der Waals surface area contributed by atoms with E-state index < -0.39 is 0 Å². The molecule has 23 heavy (non-hydrogen) atoms. The first kappa shape index (κ1) is 17.1. The number of carbonyl (C=O) groups excluding carboxylic acids is 2. The second kappa shape index (κ2) is 8.38. The third-order valence-electron chi connectivity index (χ3n) is 3.11. The standard InChI is InChI=1S/C16H20N4O2S/c1-11(2)15(22)20-16-19-13(10-23-16)8-14(21)18-7-5-12-4-3-6-17-9-12/h3-4,6,9-11H,5,7-8H2,1-2H3,(H,18,21)(H,19,20,22). The summed E-state index contributed by atoms with van der Waals surface area (Å²) in [6.07, 6.45) is 4.46. The highest BCUT2D eigenvalue weighted by Gasteiger charge is 2.11. The van der Waals surface area contributed by atoms with Gasteiger partial charge in [0.05, 0.1) is 12.1 Å². The van der Waals surface area contributed by atoms with Crippen LogP contribution < -0.4 is 10.6 Å². The Morgan fingerprint density at radius 1 is 1.35 bits per heavy atom. The summed E-state index contributed by atoms with van der Waals surface area (Å²) in [4.78, 5) is 31.8. The Bertz CT molecular complexity index is 655. The van der Waals surface area contributed by atoms with E-state index in [0.717, 1.165) is 12.0 Å². The minimum Gasteiger partial charge on any atom is -0.355 e. The van der Waals surface area contributed by atoms with Gasteiger partial charge in [0.1, 0.15) is 0 Å². The molecule has 0 aliphatic heterocycles. The summed E-state index contributed by atoms with van der Waals surface area (Å²) >= 11 is 1.33. The van der Waals surface area contributed by atoms with E-state index in [1.54, 1.807) is 17.8 Å². The lowest BCUT2D eigenvalue weighted by atomic mass is 10.2. The highest BCUT2D eigenvalue weighted by molar-refractivity contribution is 7.13. The van der Waals surface area contributed by atoms with Gasteiger partial charge >= 0.3 is 0 Å². The lowest BCUT2D eigenvalue weighted by Crippen LogP contribution is -2.27. The van der Waals surface area contributed by atoms with Crippen LogP contribution in [-0.2, 0) is 22.4 Å². The van der Waals surface area contributed by atoms with Gasteiger partial charge in [-0.3, -0.25) is 14.6 Å². The van der Waals surface area contributed by atoms with Crippen LogP contribution in [0, 0.1) is 5.92 Å². The molecule has 0 aliphatic carbocycles. The fourth-order valence-electron chi connectivity index (χ4n) is 1.81. The van der Waals surface area contributed by atoms with Gasteiger partial charge < -0.3 is 10.6 Å². The highest BCUT2D eigenvalue weighted by atomic mass is 32.1. The predicted octanol–water partition coefficient (Wildman–Crippen LogP) is 2.03. The number of aromatic nitrogens is 2. The largest absolute Gasteiger partial charge is 0.355 e. The van der Waals surface area contributed by atoms with Gasteiger partial charge in [0.2, 0.25) is 11.8 Å². The molecule has 2 N–H and O–H groups in total. The van der Waals surface area contributed by atoms with Gasteiger partial charge in [-0.05, 0) is 18.1 Å². The maximum Gasteiger partial charge on any atom is 0.228 e. The van der Waals surface area contributed by atoms with Crippen LogP contribution in [0.4, 0.5) is 5.13 Å². The fraction of sp³-hybridized carbons (Fsp3) is 0.375. The molecule has 0 atom stereocenters. The van der Waals surface area contributed by atoms with Crippen molar-refractivity contribution in [2.75, 3.05) is 11.9 Å². The fourth-order valence-corrected chi connectivity index (χ4v) is 2.53. The van der Waals surface area contributed by atoms with Gasteiger partial charge in [0.25, 0.3) is 0 Å². The number of carbonyl (C=O) groups is 2. The summed E-state index contributed by atoms with van der Waals surface area (Å²) in [6.45, 7) is 4.20. The van der Waals surface area contributed by atoms with Crippen LogP contribution in [0.15, 0.2) is 29.9 Å². The normalized spacial score (nSPS) is 10.6. The van der Waals surface area contributed by atoms with E-state index in [4.69, 9.17) is 0 Å². The predicted molar refractivity (Wildman–Crippen MR) is 90.2 cm³/mol. The molecule has 0 aliphatic rings. The van der Waals surface area contributed by atoms with Crippen LogP contribution in [0.2, 0.25) is 0 Å². The van der Waals surface area contributed by atoms with Crippen LogP contribution in [0.25, 0.3) is 0 Å². The number of hydrogen-bond donors (Lipinski definition) is 2. The number of amides is 2. The summed E-state index contributed by atoms with van der Waals surface area (Å²) in [5, 5.41) is 7.91. The lowest BCUT2D eigenvalue weighted by Gasteiger charge is -2.04. The van der Waals surface area contributed by atoms with Gasteiger partial charge in [-0.25, -0.2) is 4.98 Å². The Hall–Kier alpha value is -2.28. The molecule has 122 valence electrons. The second-order valence-corrected chi connectivity index (χ2v) is 6.28. The van der Waals surface area contributed by atoms with Gasteiger partial charge in [-0.15, -0.1) is 11.3 Å². The molecule has 2 rings (SSSR count). The minimum absolute atomic E-state index is 0.0770. The van der Waals surface area contributed by atoms with Crippen molar-refractivity contribution in [2.24, 2.45) is 5.92 Å². The zero-order valence-electron chi connectivity index (χ0n) is 13.2. The molecule has 2 heterocycles. The average Bonchev–Trinajstić information content (AvgIpc) is 2.95. The molecular formula is C16H20N4O2S. The zero-order chi connectivity index (χ0) is 16.7. The molecule has 0 radical (unpaired) electrons. The van der Waals surface area contributed by atoms with Gasteiger partial charge in [0, 0.05) is 30.2 Å². The molecule has 0 unspecified atom stereocenters. The topological polar surface area (TPSA) is 84.0 Å². The first-order valence-electron chi connectivity index (χ1n) is 7.45. The molecule has 0 saturated carbocycles. The molecule has 0 fully saturated rings. The van der Waals surface area contributed by atoms with Gasteiger partial charge in [-0.1, -0.05) is 19.9 Å². The number of nitrogens with zero attached hydrogens (tertiary/aromatic N) is 2. The number of pyridine rings is 1. The average molecular weight is 332 g/mol. The van der Waals surface area contributed by atoms with Crippen molar-refractivity contribution in [2.45, 2.75) is 26.7 Å². The van der Waals surface area contributed by atoms with Crippen molar-refractivity contribution in [1.29, 1.82) is 0 Å². The molecule has 0 bridgehead atoms. The van der Waals surface area contributed by atoms with E-state index >= 15 is 0 Å². The Morgan fingerprint density at radius 3 is 2.87 bits per heavy atom.